The van der Waals surface area contributed by atoms with Crippen LogP contribution in [0.5, 0.6) is 0 Å². The van der Waals surface area contributed by atoms with Crippen LogP contribution in [0.1, 0.15) is 16.8 Å². The third kappa shape index (κ3) is 4.89. The van der Waals surface area contributed by atoms with Gasteiger partial charge in [0.1, 0.15) is 15.7 Å². The van der Waals surface area contributed by atoms with Crippen molar-refractivity contribution in [2.45, 2.75) is 6.42 Å². The van der Waals surface area contributed by atoms with Gasteiger partial charge in [-0.1, -0.05) is 18.2 Å². The summed E-state index contributed by atoms with van der Waals surface area (Å²) < 4.78 is 35.6. The number of nitrogens with one attached hydrogen (secondary N) is 1. The molecule has 0 radical (unpaired) electrons. The third-order valence-corrected chi connectivity index (χ3v) is 5.11. The number of halogens is 1. The van der Waals surface area contributed by atoms with Crippen LogP contribution in [0.3, 0.4) is 0 Å². The van der Waals surface area contributed by atoms with E-state index in [9.17, 15) is 17.6 Å². The number of carbonyl (C=O) groups excluding carboxylic acids is 1. The van der Waals surface area contributed by atoms with E-state index >= 15 is 0 Å². The predicted molar refractivity (Wildman–Crippen MR) is 104 cm³/mol. The summed E-state index contributed by atoms with van der Waals surface area (Å²) in [6, 6.07) is 14.8. The van der Waals surface area contributed by atoms with Gasteiger partial charge in [-0.3, -0.25) is 4.79 Å². The highest BCUT2D eigenvalue weighted by atomic mass is 32.2. The molecule has 1 amide bonds. The topological polar surface area (TPSA) is 76.1 Å². The molecule has 0 unspecified atom stereocenters. The molecule has 0 aliphatic heterocycles. The molecule has 0 saturated heterocycles. The number of carbonyl (C=O) groups is 1. The van der Waals surface area contributed by atoms with Gasteiger partial charge < -0.3 is 5.32 Å². The van der Waals surface area contributed by atoms with E-state index in [0.29, 0.717) is 34.1 Å². The maximum absolute atomic E-state index is 13.2. The van der Waals surface area contributed by atoms with Crippen molar-refractivity contribution in [1.29, 1.82) is 0 Å². The van der Waals surface area contributed by atoms with E-state index in [2.05, 4.69) is 10.3 Å². The molecule has 0 aliphatic rings. The Kier molecular flexibility index (Phi) is 5.51. The van der Waals surface area contributed by atoms with Crippen LogP contribution in [0, 0.1) is 5.82 Å². The largest absolute Gasteiger partial charge is 0.352 e. The third-order valence-electron chi connectivity index (χ3n) is 4.08. The second kappa shape index (κ2) is 7.84. The van der Waals surface area contributed by atoms with E-state index in [4.69, 9.17) is 0 Å². The summed E-state index contributed by atoms with van der Waals surface area (Å²) in [5, 5.41) is 3.46. The number of benzene rings is 2. The van der Waals surface area contributed by atoms with E-state index in [-0.39, 0.29) is 24.0 Å². The molecule has 3 aromatic rings. The van der Waals surface area contributed by atoms with Crippen molar-refractivity contribution in [2.24, 2.45) is 0 Å². The second-order valence-electron chi connectivity index (χ2n) is 6.32. The second-order valence-corrected chi connectivity index (χ2v) is 8.58. The minimum atomic E-state index is -3.06. The maximum atomic E-state index is 13.2. The lowest BCUT2D eigenvalue weighted by Gasteiger charge is -2.10. The molecule has 0 fully saturated rings. The van der Waals surface area contributed by atoms with E-state index in [1.807, 2.05) is 24.3 Å². The van der Waals surface area contributed by atoms with Crippen LogP contribution in [-0.2, 0) is 9.84 Å². The number of aromatic nitrogens is 1. The van der Waals surface area contributed by atoms with E-state index < -0.39 is 9.84 Å². The molecule has 1 heterocycles. The van der Waals surface area contributed by atoms with Gasteiger partial charge in [-0.15, -0.1) is 0 Å². The molecular formula is C20H19FN2O3S. The van der Waals surface area contributed by atoms with Gasteiger partial charge in [0.15, 0.2) is 0 Å². The first-order valence-electron chi connectivity index (χ1n) is 8.45. The number of rotatable bonds is 6. The number of hydrogen-bond donors (Lipinski definition) is 1. The maximum Gasteiger partial charge on any atom is 0.252 e. The van der Waals surface area contributed by atoms with Gasteiger partial charge in [-0.05, 0) is 42.8 Å². The number of fused-ring (bicyclic) bond motifs is 1. The molecular weight excluding hydrogens is 367 g/mol. The molecule has 3 rings (SSSR count). The minimum absolute atomic E-state index is 0.0190. The van der Waals surface area contributed by atoms with Gasteiger partial charge in [-0.25, -0.2) is 17.8 Å². The number of para-hydroxylation sites is 1. The summed E-state index contributed by atoms with van der Waals surface area (Å²) in [6.07, 6.45) is 1.51. The Morgan fingerprint density at radius 1 is 1.11 bits per heavy atom. The first-order valence-corrected chi connectivity index (χ1v) is 10.5. The normalized spacial score (nSPS) is 11.5. The average molecular weight is 386 g/mol. The standard InChI is InChI=1S/C20H19FN2O3S/c1-27(25,26)12-4-11-22-20(24)17-13-19(14-7-9-15(21)10-8-14)23-18-6-3-2-5-16(17)18/h2-3,5-10,13H,4,11-12H2,1H3,(H,22,24). The molecule has 140 valence electrons. The van der Waals surface area contributed by atoms with Gasteiger partial charge >= 0.3 is 0 Å². The Labute approximate surface area is 157 Å². The lowest BCUT2D eigenvalue weighted by atomic mass is 10.0. The van der Waals surface area contributed by atoms with Crippen molar-refractivity contribution in [3.63, 3.8) is 0 Å². The van der Waals surface area contributed by atoms with Crippen molar-refractivity contribution in [2.75, 3.05) is 18.6 Å². The molecule has 1 aromatic heterocycles. The highest BCUT2D eigenvalue weighted by Crippen LogP contribution is 2.25. The molecule has 2 aromatic carbocycles. The van der Waals surface area contributed by atoms with Crippen molar-refractivity contribution >= 4 is 26.6 Å². The van der Waals surface area contributed by atoms with Gasteiger partial charge in [0.05, 0.1) is 22.5 Å². The Morgan fingerprint density at radius 3 is 2.52 bits per heavy atom. The fourth-order valence-electron chi connectivity index (χ4n) is 2.76. The number of nitrogens with zero attached hydrogens (tertiary/aromatic N) is 1. The molecule has 0 bridgehead atoms. The highest BCUT2D eigenvalue weighted by Gasteiger charge is 2.14. The number of sulfone groups is 1. The van der Waals surface area contributed by atoms with E-state index in [0.717, 1.165) is 0 Å². The first-order chi connectivity index (χ1) is 12.8. The summed E-state index contributed by atoms with van der Waals surface area (Å²) >= 11 is 0. The Morgan fingerprint density at radius 2 is 1.81 bits per heavy atom. The highest BCUT2D eigenvalue weighted by molar-refractivity contribution is 7.90. The SMILES string of the molecule is CS(=O)(=O)CCCNC(=O)c1cc(-c2ccc(F)cc2)nc2ccccc12. The monoisotopic (exact) mass is 386 g/mol. The summed E-state index contributed by atoms with van der Waals surface area (Å²) in [5.74, 6) is -0.626. The van der Waals surface area contributed by atoms with Crippen molar-refractivity contribution in [3.05, 3.63) is 66.0 Å². The van der Waals surface area contributed by atoms with Crippen LogP contribution < -0.4 is 5.32 Å². The van der Waals surface area contributed by atoms with Crippen LogP contribution in [-0.4, -0.2) is 37.9 Å². The van der Waals surface area contributed by atoms with Crippen LogP contribution >= 0.6 is 0 Å². The van der Waals surface area contributed by atoms with E-state index in [1.165, 1.54) is 18.4 Å². The molecule has 0 spiro atoms. The van der Waals surface area contributed by atoms with Gasteiger partial charge in [0.25, 0.3) is 5.91 Å². The average Bonchev–Trinajstić information content (AvgIpc) is 2.64. The van der Waals surface area contributed by atoms with Gasteiger partial charge in [0.2, 0.25) is 0 Å². The Balaban J connectivity index is 1.91. The minimum Gasteiger partial charge on any atom is -0.352 e. The summed E-state index contributed by atoms with van der Waals surface area (Å²) in [6.45, 7) is 0.258. The molecule has 0 atom stereocenters. The van der Waals surface area contributed by atoms with Gasteiger partial charge in [0, 0.05) is 23.8 Å². The van der Waals surface area contributed by atoms with E-state index in [1.54, 1.807) is 18.2 Å². The number of pyridine rings is 1. The Hall–Kier alpha value is -2.80. The van der Waals surface area contributed by atoms with Crippen LogP contribution in [0.15, 0.2) is 54.6 Å². The summed E-state index contributed by atoms with van der Waals surface area (Å²) in [7, 11) is -3.06. The fourth-order valence-corrected chi connectivity index (χ4v) is 3.43. The lowest BCUT2D eigenvalue weighted by Crippen LogP contribution is -2.26. The Bertz CT molecular complexity index is 1080. The zero-order valence-corrected chi connectivity index (χ0v) is 15.6. The molecule has 1 N–H and O–H groups in total. The van der Waals surface area contributed by atoms with Crippen LogP contribution in [0.2, 0.25) is 0 Å². The first kappa shape index (κ1) is 19.0. The molecule has 0 aliphatic carbocycles. The quantitative estimate of drug-likeness (QED) is 0.660. The van der Waals surface area contributed by atoms with Gasteiger partial charge in [-0.2, -0.15) is 0 Å². The lowest BCUT2D eigenvalue weighted by molar-refractivity contribution is 0.0955. The van der Waals surface area contributed by atoms with Crippen molar-refractivity contribution in [3.8, 4) is 11.3 Å². The number of amides is 1. The zero-order valence-electron chi connectivity index (χ0n) is 14.8. The number of hydrogen-bond acceptors (Lipinski definition) is 4. The fraction of sp³-hybridized carbons (Fsp3) is 0.200. The van der Waals surface area contributed by atoms with Crippen molar-refractivity contribution < 1.29 is 17.6 Å². The smallest absolute Gasteiger partial charge is 0.252 e. The molecule has 5 nitrogen and oxygen atoms in total. The van der Waals surface area contributed by atoms with Crippen LogP contribution in [0.4, 0.5) is 4.39 Å². The van der Waals surface area contributed by atoms with Crippen LogP contribution in [0.25, 0.3) is 22.2 Å². The summed E-state index contributed by atoms with van der Waals surface area (Å²) in [5.41, 5.74) is 2.36. The molecule has 7 heteroatoms. The zero-order chi connectivity index (χ0) is 19.4. The molecule has 0 saturated carbocycles. The van der Waals surface area contributed by atoms with Crippen molar-refractivity contribution in [1.82, 2.24) is 10.3 Å². The summed E-state index contributed by atoms with van der Waals surface area (Å²) in [4.78, 5) is 17.2. The predicted octanol–water partition coefficient (Wildman–Crippen LogP) is 3.21. The molecule has 27 heavy (non-hydrogen) atoms.